The van der Waals surface area contributed by atoms with Crippen LogP contribution in [0.25, 0.3) is 0 Å². The van der Waals surface area contributed by atoms with Crippen LogP contribution < -0.4 is 0 Å². The van der Waals surface area contributed by atoms with Crippen LogP contribution in [0.3, 0.4) is 0 Å². The van der Waals surface area contributed by atoms with Crippen molar-refractivity contribution < 1.29 is 4.39 Å². The number of benzene rings is 1. The van der Waals surface area contributed by atoms with E-state index in [-0.39, 0.29) is 0 Å². The van der Waals surface area contributed by atoms with Gasteiger partial charge in [0.1, 0.15) is 5.67 Å². The van der Waals surface area contributed by atoms with Gasteiger partial charge in [-0.15, -0.1) is 8.58 Å². The highest BCUT2D eigenvalue weighted by Crippen LogP contribution is 2.59. The monoisotopic (exact) mass is 236 g/mol. The van der Waals surface area contributed by atoms with Crippen molar-refractivity contribution in [3.05, 3.63) is 34.9 Å². The molecule has 0 nitrogen and oxygen atoms in total. The van der Waals surface area contributed by atoms with Crippen molar-refractivity contribution in [3.8, 4) is 0 Å². The minimum absolute atomic E-state index is 0.477. The Kier molecular flexibility index (Phi) is 2.20. The molecule has 2 atom stereocenters. The summed E-state index contributed by atoms with van der Waals surface area (Å²) in [5, 5.41) is 0.477. The topological polar surface area (TPSA) is 0 Å². The first kappa shape index (κ1) is 10.7. The molecule has 1 saturated carbocycles. The lowest BCUT2D eigenvalue weighted by Crippen LogP contribution is -2.16. The Balaban J connectivity index is 1.97. The van der Waals surface area contributed by atoms with Crippen LogP contribution in [0.2, 0.25) is 0 Å². The number of hydrogen-bond donors (Lipinski definition) is 0. The summed E-state index contributed by atoms with van der Waals surface area (Å²) in [4.78, 5) is 0. The fourth-order valence-electron chi connectivity index (χ4n) is 2.93. The summed E-state index contributed by atoms with van der Waals surface area (Å²) in [5.41, 5.74) is 2.94. The van der Waals surface area contributed by atoms with Crippen LogP contribution in [-0.4, -0.2) is 12.3 Å². The van der Waals surface area contributed by atoms with Crippen molar-refractivity contribution in [3.63, 3.8) is 0 Å². The number of halogens is 1. The predicted molar refractivity (Wildman–Crippen MR) is 68.5 cm³/mol. The molecule has 2 aliphatic carbocycles. The second-order valence-electron chi connectivity index (χ2n) is 5.58. The normalized spacial score (nSPS) is 30.9. The van der Waals surface area contributed by atoms with Crippen LogP contribution in [0, 0.1) is 0 Å². The first-order valence-corrected chi connectivity index (χ1v) is 7.55. The summed E-state index contributed by atoms with van der Waals surface area (Å²) in [5.74, 6) is 0. The summed E-state index contributed by atoms with van der Waals surface area (Å²) < 4.78 is 13.9. The molecule has 16 heavy (non-hydrogen) atoms. The molecule has 0 amide bonds. The first-order chi connectivity index (χ1) is 7.55. The van der Waals surface area contributed by atoms with Crippen LogP contribution >= 0.6 is 8.58 Å². The maximum atomic E-state index is 13.9. The van der Waals surface area contributed by atoms with Crippen molar-refractivity contribution in [2.45, 2.75) is 43.4 Å². The second kappa shape index (κ2) is 3.29. The lowest BCUT2D eigenvalue weighted by atomic mass is 10.0. The molecule has 2 aliphatic rings. The lowest BCUT2D eigenvalue weighted by molar-refractivity contribution is 0.205. The smallest absolute Gasteiger partial charge is 0.116 e. The second-order valence-corrected chi connectivity index (χ2v) is 7.04. The number of rotatable bonds is 2. The molecule has 0 N–H and O–H groups in total. The average molecular weight is 236 g/mol. The van der Waals surface area contributed by atoms with E-state index in [0.717, 1.165) is 8.58 Å². The Bertz CT molecular complexity index is 432. The van der Waals surface area contributed by atoms with Gasteiger partial charge in [0, 0.05) is 18.0 Å². The maximum absolute atomic E-state index is 13.9. The Morgan fingerprint density at radius 2 is 1.88 bits per heavy atom. The molecule has 0 saturated heterocycles. The number of alkyl halides is 1. The van der Waals surface area contributed by atoms with Gasteiger partial charge in [0.15, 0.2) is 0 Å². The Morgan fingerprint density at radius 3 is 2.50 bits per heavy atom. The summed E-state index contributed by atoms with van der Waals surface area (Å²) in [6.45, 7) is 4.01. The molecular formula is C14H18FP. The van der Waals surface area contributed by atoms with Gasteiger partial charge in [-0.05, 0) is 43.1 Å². The predicted octanol–water partition coefficient (Wildman–Crippen LogP) is 3.81. The van der Waals surface area contributed by atoms with Gasteiger partial charge < -0.3 is 0 Å². The van der Waals surface area contributed by atoms with Crippen LogP contribution in [0.1, 0.15) is 36.5 Å². The SMILES string of the molecule is CPC1(c2ccc3c(c2)CC(C)(F)C3)CC1. The van der Waals surface area contributed by atoms with Gasteiger partial charge in [-0.3, -0.25) is 0 Å². The van der Waals surface area contributed by atoms with Gasteiger partial charge in [0.2, 0.25) is 0 Å². The summed E-state index contributed by atoms with van der Waals surface area (Å²) in [7, 11) is 0.980. The van der Waals surface area contributed by atoms with E-state index in [9.17, 15) is 4.39 Å². The van der Waals surface area contributed by atoms with Crippen LogP contribution in [-0.2, 0) is 18.0 Å². The average Bonchev–Trinajstić information content (AvgIpc) is 2.95. The molecule has 0 aromatic heterocycles. The number of fused-ring (bicyclic) bond motifs is 1. The molecule has 2 heteroatoms. The molecule has 0 heterocycles. The van der Waals surface area contributed by atoms with Crippen molar-refractivity contribution in [2.75, 3.05) is 6.66 Å². The fourth-order valence-corrected chi connectivity index (χ4v) is 3.99. The standard InChI is InChI=1S/C14H18FP/c1-13(15)8-10-3-4-12(7-11(10)9-13)14(16-2)5-6-14/h3-4,7,16H,5-6,8-9H2,1-2H3. The molecular weight excluding hydrogens is 218 g/mol. The van der Waals surface area contributed by atoms with E-state index < -0.39 is 5.67 Å². The van der Waals surface area contributed by atoms with E-state index >= 15 is 0 Å². The van der Waals surface area contributed by atoms with Gasteiger partial charge in [0.05, 0.1) is 0 Å². The van der Waals surface area contributed by atoms with E-state index in [2.05, 4.69) is 24.9 Å². The van der Waals surface area contributed by atoms with Crippen molar-refractivity contribution in [1.29, 1.82) is 0 Å². The van der Waals surface area contributed by atoms with E-state index in [4.69, 9.17) is 0 Å². The number of hydrogen-bond acceptors (Lipinski definition) is 0. The molecule has 0 radical (unpaired) electrons. The van der Waals surface area contributed by atoms with Crippen LogP contribution in [0.5, 0.6) is 0 Å². The van der Waals surface area contributed by atoms with Crippen LogP contribution in [0.15, 0.2) is 18.2 Å². The maximum Gasteiger partial charge on any atom is 0.116 e. The lowest BCUT2D eigenvalue weighted by Gasteiger charge is -2.14. The first-order valence-electron chi connectivity index (χ1n) is 6.05. The van der Waals surface area contributed by atoms with Crippen LogP contribution in [0.4, 0.5) is 4.39 Å². The summed E-state index contributed by atoms with van der Waals surface area (Å²) in [6, 6.07) is 6.68. The summed E-state index contributed by atoms with van der Waals surface area (Å²) in [6.07, 6.45) is 3.87. The van der Waals surface area contributed by atoms with E-state index in [0.29, 0.717) is 18.0 Å². The Morgan fingerprint density at radius 1 is 1.19 bits per heavy atom. The fraction of sp³-hybridized carbons (Fsp3) is 0.571. The summed E-state index contributed by atoms with van der Waals surface area (Å²) >= 11 is 0. The van der Waals surface area contributed by atoms with Gasteiger partial charge in [-0.2, -0.15) is 0 Å². The van der Waals surface area contributed by atoms with Gasteiger partial charge in [-0.25, -0.2) is 4.39 Å². The van der Waals surface area contributed by atoms with Crippen molar-refractivity contribution in [1.82, 2.24) is 0 Å². The molecule has 1 aromatic rings. The molecule has 0 spiro atoms. The zero-order valence-corrected chi connectivity index (χ0v) is 10.9. The van der Waals surface area contributed by atoms with E-state index in [1.54, 1.807) is 6.92 Å². The molecule has 1 fully saturated rings. The van der Waals surface area contributed by atoms with E-state index in [1.165, 1.54) is 29.5 Å². The molecule has 0 aliphatic heterocycles. The minimum atomic E-state index is -1.01. The zero-order chi connectivity index (χ0) is 11.4. The highest BCUT2D eigenvalue weighted by atomic mass is 31.1. The molecule has 2 unspecified atom stereocenters. The minimum Gasteiger partial charge on any atom is -0.243 e. The molecule has 1 aromatic carbocycles. The quantitative estimate of drug-likeness (QED) is 0.685. The highest BCUT2D eigenvalue weighted by molar-refractivity contribution is 7.39. The highest BCUT2D eigenvalue weighted by Gasteiger charge is 2.43. The third-order valence-corrected chi connectivity index (χ3v) is 5.85. The Labute approximate surface area is 98.4 Å². The molecule has 3 rings (SSSR count). The third kappa shape index (κ3) is 1.61. The largest absolute Gasteiger partial charge is 0.243 e. The zero-order valence-electron chi connectivity index (χ0n) is 9.94. The van der Waals surface area contributed by atoms with Crippen molar-refractivity contribution in [2.24, 2.45) is 0 Å². The van der Waals surface area contributed by atoms with Crippen molar-refractivity contribution >= 4 is 8.58 Å². The van der Waals surface area contributed by atoms with Gasteiger partial charge >= 0.3 is 0 Å². The third-order valence-electron chi connectivity index (χ3n) is 4.11. The van der Waals surface area contributed by atoms with Gasteiger partial charge in [-0.1, -0.05) is 18.2 Å². The van der Waals surface area contributed by atoms with Gasteiger partial charge in [0.25, 0.3) is 0 Å². The molecule has 0 bridgehead atoms. The Hall–Kier alpha value is -0.420. The molecule has 86 valence electrons. The van der Waals surface area contributed by atoms with E-state index in [1.807, 2.05) is 0 Å².